The summed E-state index contributed by atoms with van der Waals surface area (Å²) >= 11 is 0. The van der Waals surface area contributed by atoms with Crippen molar-refractivity contribution >= 4 is 10.1 Å². The Labute approximate surface area is 75.4 Å². The SMILES string of the molecule is O=S(=O)([O-])CCNO.[Na+]. The van der Waals surface area contributed by atoms with Gasteiger partial charge < -0.3 is 9.76 Å². The zero-order valence-corrected chi connectivity index (χ0v) is 7.81. The minimum atomic E-state index is -4.16. The Morgan fingerprint density at radius 2 is 2.00 bits per heavy atom. The maximum absolute atomic E-state index is 9.68. The third kappa shape index (κ3) is 12.1. The van der Waals surface area contributed by atoms with Gasteiger partial charge in [-0.25, -0.2) is 13.9 Å². The van der Waals surface area contributed by atoms with E-state index in [0.717, 1.165) is 0 Å². The Balaban J connectivity index is 0. The summed E-state index contributed by atoms with van der Waals surface area (Å²) in [5.41, 5.74) is 1.55. The van der Waals surface area contributed by atoms with Crippen LogP contribution in [0.4, 0.5) is 0 Å². The first-order chi connectivity index (χ1) is 3.56. The van der Waals surface area contributed by atoms with Gasteiger partial charge in [-0.05, 0) is 0 Å². The van der Waals surface area contributed by atoms with E-state index in [2.05, 4.69) is 0 Å². The van der Waals surface area contributed by atoms with Gasteiger partial charge in [-0.15, -0.1) is 0 Å². The molecule has 2 N–H and O–H groups in total. The molecule has 0 aromatic heterocycles. The van der Waals surface area contributed by atoms with Crippen molar-refractivity contribution in [2.75, 3.05) is 12.3 Å². The second kappa shape index (κ2) is 5.60. The van der Waals surface area contributed by atoms with Crippen molar-refractivity contribution in [2.45, 2.75) is 0 Å². The summed E-state index contributed by atoms with van der Waals surface area (Å²) in [6, 6.07) is 0. The average molecular weight is 163 g/mol. The fourth-order valence-corrected chi connectivity index (χ4v) is 0.512. The Morgan fingerprint density at radius 3 is 2.11 bits per heavy atom. The molecule has 0 aromatic carbocycles. The zero-order chi connectivity index (χ0) is 6.62. The molecule has 0 saturated heterocycles. The Kier molecular flexibility index (Phi) is 7.78. The smallest absolute Gasteiger partial charge is 0.748 e. The van der Waals surface area contributed by atoms with E-state index in [1.165, 1.54) is 0 Å². The van der Waals surface area contributed by atoms with E-state index in [-0.39, 0.29) is 36.1 Å². The number of rotatable bonds is 3. The number of hydrogen-bond acceptors (Lipinski definition) is 5. The van der Waals surface area contributed by atoms with Crippen molar-refractivity contribution in [3.05, 3.63) is 0 Å². The zero-order valence-electron chi connectivity index (χ0n) is 4.99. The minimum Gasteiger partial charge on any atom is -0.748 e. The summed E-state index contributed by atoms with van der Waals surface area (Å²) in [7, 11) is -4.16. The molecule has 0 radical (unpaired) electrons. The molecule has 0 amide bonds. The van der Waals surface area contributed by atoms with E-state index in [4.69, 9.17) is 5.21 Å². The predicted molar refractivity (Wildman–Crippen MR) is 24.4 cm³/mol. The first-order valence-electron chi connectivity index (χ1n) is 1.87. The predicted octanol–water partition coefficient (Wildman–Crippen LogP) is -4.49. The minimum absolute atomic E-state index is 0. The fourth-order valence-electron chi connectivity index (χ4n) is 0.171. The molecular formula is C2H6NNaO4S. The summed E-state index contributed by atoms with van der Waals surface area (Å²) in [5, 5.41) is 7.78. The van der Waals surface area contributed by atoms with Crippen LogP contribution >= 0.6 is 0 Å². The van der Waals surface area contributed by atoms with E-state index < -0.39 is 15.9 Å². The Bertz CT molecular complexity index is 143. The summed E-state index contributed by atoms with van der Waals surface area (Å²) in [6.07, 6.45) is 0. The van der Waals surface area contributed by atoms with Crippen LogP contribution in [0.2, 0.25) is 0 Å². The topological polar surface area (TPSA) is 89.5 Å². The van der Waals surface area contributed by atoms with Crippen LogP contribution in [0.15, 0.2) is 0 Å². The van der Waals surface area contributed by atoms with Crippen LogP contribution < -0.4 is 35.0 Å². The Hall–Kier alpha value is 0.830. The normalized spacial score (nSPS) is 10.4. The van der Waals surface area contributed by atoms with Gasteiger partial charge in [0.1, 0.15) is 0 Å². The van der Waals surface area contributed by atoms with Crippen molar-refractivity contribution in [1.29, 1.82) is 0 Å². The quantitative estimate of drug-likeness (QED) is 0.249. The molecule has 0 aromatic rings. The molecule has 0 saturated carbocycles. The number of hydrogen-bond donors (Lipinski definition) is 2. The average Bonchev–Trinajstić information content (AvgIpc) is 1.59. The van der Waals surface area contributed by atoms with Crippen LogP contribution in [0.3, 0.4) is 0 Å². The molecule has 0 aliphatic heterocycles. The van der Waals surface area contributed by atoms with Crippen molar-refractivity contribution in [2.24, 2.45) is 0 Å². The monoisotopic (exact) mass is 163 g/mol. The maximum Gasteiger partial charge on any atom is 1.00 e. The van der Waals surface area contributed by atoms with Gasteiger partial charge in [0.05, 0.1) is 15.9 Å². The van der Waals surface area contributed by atoms with Gasteiger partial charge in [-0.3, -0.25) is 0 Å². The van der Waals surface area contributed by atoms with Gasteiger partial charge in [-0.2, -0.15) is 0 Å². The van der Waals surface area contributed by atoms with Gasteiger partial charge in [0.15, 0.2) is 0 Å². The third-order valence-corrected chi connectivity index (χ3v) is 1.17. The standard InChI is InChI=1S/C2H7NO4S.Na/c4-3-1-2-8(5,6)7;/h3-4H,1-2H2,(H,5,6,7);/q;+1/p-1. The van der Waals surface area contributed by atoms with E-state index in [9.17, 15) is 13.0 Å². The molecule has 9 heavy (non-hydrogen) atoms. The van der Waals surface area contributed by atoms with Crippen LogP contribution in [0.1, 0.15) is 0 Å². The maximum atomic E-state index is 9.68. The first-order valence-corrected chi connectivity index (χ1v) is 3.44. The summed E-state index contributed by atoms with van der Waals surface area (Å²) in [6.45, 7) is -0.216. The van der Waals surface area contributed by atoms with Gasteiger partial charge in [-0.1, -0.05) is 0 Å². The van der Waals surface area contributed by atoms with E-state index in [1.54, 1.807) is 5.48 Å². The van der Waals surface area contributed by atoms with Crippen LogP contribution in [-0.4, -0.2) is 30.5 Å². The molecule has 0 bridgehead atoms. The molecule has 0 aliphatic rings. The van der Waals surface area contributed by atoms with E-state index >= 15 is 0 Å². The Morgan fingerprint density at radius 1 is 1.56 bits per heavy atom. The molecule has 7 heteroatoms. The van der Waals surface area contributed by atoms with Crippen LogP contribution in [0.25, 0.3) is 0 Å². The van der Waals surface area contributed by atoms with Gasteiger partial charge in [0.25, 0.3) is 0 Å². The van der Waals surface area contributed by atoms with Gasteiger partial charge >= 0.3 is 29.6 Å². The first kappa shape index (κ1) is 12.5. The second-order valence-electron chi connectivity index (χ2n) is 1.17. The van der Waals surface area contributed by atoms with Crippen molar-refractivity contribution < 1.29 is 47.7 Å². The summed E-state index contributed by atoms with van der Waals surface area (Å²) < 4.78 is 29.1. The van der Waals surface area contributed by atoms with Crippen molar-refractivity contribution in [3.8, 4) is 0 Å². The van der Waals surface area contributed by atoms with Crippen LogP contribution in [-0.2, 0) is 10.1 Å². The van der Waals surface area contributed by atoms with Crippen molar-refractivity contribution in [3.63, 3.8) is 0 Å². The number of hydroxylamine groups is 1. The second-order valence-corrected chi connectivity index (χ2v) is 2.69. The van der Waals surface area contributed by atoms with Gasteiger partial charge in [0, 0.05) is 6.54 Å². The third-order valence-electron chi connectivity index (χ3n) is 0.464. The number of nitrogens with one attached hydrogen (secondary N) is 1. The summed E-state index contributed by atoms with van der Waals surface area (Å²) in [4.78, 5) is 0. The molecule has 50 valence electrons. The fraction of sp³-hybridized carbons (Fsp3) is 1.00. The molecule has 0 heterocycles. The molecule has 0 spiro atoms. The molecule has 0 unspecified atom stereocenters. The molecular weight excluding hydrogens is 157 g/mol. The molecule has 5 nitrogen and oxygen atoms in total. The van der Waals surface area contributed by atoms with Gasteiger partial charge in [0.2, 0.25) is 0 Å². The molecule has 0 aliphatic carbocycles. The van der Waals surface area contributed by atoms with Crippen LogP contribution in [0.5, 0.6) is 0 Å². The molecule has 0 atom stereocenters. The van der Waals surface area contributed by atoms with E-state index in [0.29, 0.717) is 0 Å². The van der Waals surface area contributed by atoms with E-state index in [1.807, 2.05) is 0 Å². The van der Waals surface area contributed by atoms with Crippen LogP contribution in [0, 0.1) is 0 Å². The van der Waals surface area contributed by atoms with Crippen molar-refractivity contribution in [1.82, 2.24) is 5.48 Å². The molecule has 0 fully saturated rings. The molecule has 0 rings (SSSR count). The summed E-state index contributed by atoms with van der Waals surface area (Å²) in [5.74, 6) is -0.580. The largest absolute Gasteiger partial charge is 1.00 e.